The molecule has 1 aliphatic rings. The maximum atomic E-state index is 13.1. The number of aromatic nitrogens is 2. The van der Waals surface area contributed by atoms with Crippen LogP contribution >= 0.6 is 7.14 Å². The highest BCUT2D eigenvalue weighted by atomic mass is 31.2. The molecular weight excluding hydrogens is 477 g/mol. The summed E-state index contributed by atoms with van der Waals surface area (Å²) in [6, 6.07) is 20.8. The van der Waals surface area contributed by atoms with E-state index in [0.29, 0.717) is 18.3 Å². The molecule has 0 bridgehead atoms. The fourth-order valence-electron chi connectivity index (χ4n) is 5.11. The summed E-state index contributed by atoms with van der Waals surface area (Å²) < 4.78 is 13.1. The number of nitrogens with one attached hydrogen (secondary N) is 1. The normalized spacial score (nSPS) is 14.8. The first-order valence-corrected chi connectivity index (χ1v) is 15.2. The molecule has 0 atom stereocenters. The van der Waals surface area contributed by atoms with E-state index in [9.17, 15) is 4.57 Å². The minimum atomic E-state index is -2.30. The highest BCUT2D eigenvalue weighted by Crippen LogP contribution is 2.43. The standard InChI is InChI=1S/C30H36N5OP/c1-5-37(36,6-2)26-13-10-23(11-14-26)27-9-7-8-24-21-31-30(33-29(24)27)32-25-12-15-28(22(3)20-25)35-18-16-34(4)17-19-35/h7-15,20-21H,5-6,16-19H2,1-4H3,(H,31,32,33). The summed E-state index contributed by atoms with van der Waals surface area (Å²) in [5.41, 5.74) is 6.51. The van der Waals surface area contributed by atoms with Crippen LogP contribution in [0.25, 0.3) is 22.0 Å². The predicted molar refractivity (Wildman–Crippen MR) is 157 cm³/mol. The molecule has 1 aromatic heterocycles. The SMILES string of the molecule is CCP(=O)(CC)c1ccc(-c2cccc3cnc(Nc4ccc(N5CCN(C)CC5)c(C)c4)nc23)cc1. The number of piperazine rings is 1. The van der Waals surface area contributed by atoms with Gasteiger partial charge in [-0.05, 0) is 43.3 Å². The summed E-state index contributed by atoms with van der Waals surface area (Å²) in [5.74, 6) is 0.574. The second-order valence-corrected chi connectivity index (χ2v) is 13.5. The van der Waals surface area contributed by atoms with Gasteiger partial charge in [-0.15, -0.1) is 0 Å². The Bertz CT molecular complexity index is 1440. The van der Waals surface area contributed by atoms with Gasteiger partial charge in [0.05, 0.1) is 5.52 Å². The van der Waals surface area contributed by atoms with E-state index in [0.717, 1.165) is 59.2 Å². The zero-order valence-corrected chi connectivity index (χ0v) is 23.1. The smallest absolute Gasteiger partial charge is 0.227 e. The lowest BCUT2D eigenvalue weighted by Crippen LogP contribution is -2.44. The van der Waals surface area contributed by atoms with Gasteiger partial charge in [-0.2, -0.15) is 0 Å². The van der Waals surface area contributed by atoms with Crippen molar-refractivity contribution in [3.8, 4) is 11.1 Å². The zero-order chi connectivity index (χ0) is 26.0. The Balaban J connectivity index is 1.41. The van der Waals surface area contributed by atoms with Crippen LogP contribution < -0.4 is 15.5 Å². The van der Waals surface area contributed by atoms with Gasteiger partial charge in [0.15, 0.2) is 0 Å². The average Bonchev–Trinajstić information content (AvgIpc) is 2.93. The minimum absolute atomic E-state index is 0.574. The third-order valence-electron chi connectivity index (χ3n) is 7.58. The molecule has 5 rings (SSSR count). The summed E-state index contributed by atoms with van der Waals surface area (Å²) in [5, 5.41) is 5.35. The first-order chi connectivity index (χ1) is 17.9. The molecule has 1 saturated heterocycles. The van der Waals surface area contributed by atoms with Crippen LogP contribution in [0.4, 0.5) is 17.3 Å². The minimum Gasteiger partial charge on any atom is -0.369 e. The first-order valence-electron chi connectivity index (χ1n) is 13.2. The monoisotopic (exact) mass is 513 g/mol. The number of para-hydroxylation sites is 1. The fraction of sp³-hybridized carbons (Fsp3) is 0.333. The molecule has 6 nitrogen and oxygen atoms in total. The number of hydrogen-bond donors (Lipinski definition) is 1. The number of likely N-dealkylation sites (N-methyl/N-ethyl adjacent to an activating group) is 1. The van der Waals surface area contributed by atoms with Crippen molar-refractivity contribution < 1.29 is 4.57 Å². The molecule has 192 valence electrons. The van der Waals surface area contributed by atoms with Gasteiger partial charge in [0, 0.05) is 72.3 Å². The lowest BCUT2D eigenvalue weighted by atomic mass is 10.0. The number of anilines is 3. The van der Waals surface area contributed by atoms with Gasteiger partial charge in [0.25, 0.3) is 0 Å². The summed E-state index contributed by atoms with van der Waals surface area (Å²) in [6.07, 6.45) is 3.25. The van der Waals surface area contributed by atoms with Crippen molar-refractivity contribution in [2.24, 2.45) is 0 Å². The van der Waals surface area contributed by atoms with Crippen LogP contribution in [0.5, 0.6) is 0 Å². The molecule has 1 fully saturated rings. The maximum Gasteiger partial charge on any atom is 0.227 e. The van der Waals surface area contributed by atoms with E-state index in [-0.39, 0.29) is 0 Å². The molecule has 0 unspecified atom stereocenters. The third-order valence-corrected chi connectivity index (χ3v) is 10.9. The Hall–Kier alpha value is -3.21. The highest BCUT2D eigenvalue weighted by molar-refractivity contribution is 7.71. The van der Waals surface area contributed by atoms with E-state index in [1.54, 1.807) is 0 Å². The number of rotatable bonds is 7. The van der Waals surface area contributed by atoms with E-state index in [4.69, 9.17) is 4.98 Å². The van der Waals surface area contributed by atoms with Crippen molar-refractivity contribution in [2.45, 2.75) is 20.8 Å². The maximum absolute atomic E-state index is 13.1. The predicted octanol–water partition coefficient (Wildman–Crippen LogP) is 6.13. The molecule has 3 aromatic carbocycles. The van der Waals surface area contributed by atoms with Gasteiger partial charge in [0.2, 0.25) is 5.95 Å². The molecule has 1 aliphatic heterocycles. The summed E-state index contributed by atoms with van der Waals surface area (Å²) in [7, 11) is -0.122. The Morgan fingerprint density at radius 2 is 1.68 bits per heavy atom. The Kier molecular flexibility index (Phi) is 7.32. The van der Waals surface area contributed by atoms with Gasteiger partial charge < -0.3 is 19.7 Å². The second kappa shape index (κ2) is 10.6. The average molecular weight is 514 g/mol. The second-order valence-electron chi connectivity index (χ2n) is 9.92. The zero-order valence-electron chi connectivity index (χ0n) is 22.2. The largest absolute Gasteiger partial charge is 0.369 e. The van der Waals surface area contributed by atoms with E-state index < -0.39 is 7.14 Å². The van der Waals surface area contributed by atoms with Crippen molar-refractivity contribution in [2.75, 3.05) is 55.8 Å². The molecule has 0 aliphatic carbocycles. The molecule has 1 N–H and O–H groups in total. The third kappa shape index (κ3) is 5.27. The van der Waals surface area contributed by atoms with Gasteiger partial charge >= 0.3 is 0 Å². The van der Waals surface area contributed by atoms with Crippen LogP contribution in [0.15, 0.2) is 66.9 Å². The van der Waals surface area contributed by atoms with Crippen LogP contribution in [0, 0.1) is 6.92 Å². The van der Waals surface area contributed by atoms with Crippen molar-refractivity contribution in [1.82, 2.24) is 14.9 Å². The van der Waals surface area contributed by atoms with Crippen molar-refractivity contribution in [3.05, 3.63) is 72.4 Å². The highest BCUT2D eigenvalue weighted by Gasteiger charge is 2.20. The summed E-state index contributed by atoms with van der Waals surface area (Å²) in [6.45, 7) is 10.5. The fourth-order valence-corrected chi connectivity index (χ4v) is 6.98. The molecule has 2 heterocycles. The first kappa shape index (κ1) is 25.4. The number of fused-ring (bicyclic) bond motifs is 1. The van der Waals surface area contributed by atoms with Crippen molar-refractivity contribution >= 4 is 40.7 Å². The van der Waals surface area contributed by atoms with Crippen molar-refractivity contribution in [1.29, 1.82) is 0 Å². The van der Waals surface area contributed by atoms with Crippen LogP contribution in [0.2, 0.25) is 0 Å². The summed E-state index contributed by atoms with van der Waals surface area (Å²) >= 11 is 0. The molecule has 7 heteroatoms. The molecule has 0 amide bonds. The van der Waals surface area contributed by atoms with Crippen LogP contribution in [0.3, 0.4) is 0 Å². The number of aryl methyl sites for hydroxylation is 1. The molecule has 0 spiro atoms. The molecular formula is C30H36N5OP. The molecule has 4 aromatic rings. The number of nitrogens with zero attached hydrogens (tertiary/aromatic N) is 4. The lowest BCUT2D eigenvalue weighted by molar-refractivity contribution is 0.312. The van der Waals surface area contributed by atoms with Gasteiger partial charge in [-0.25, -0.2) is 9.97 Å². The van der Waals surface area contributed by atoms with Gasteiger partial charge in [-0.1, -0.05) is 56.3 Å². The van der Waals surface area contributed by atoms with E-state index in [2.05, 4.69) is 70.5 Å². The number of benzene rings is 3. The van der Waals surface area contributed by atoms with E-state index in [1.165, 1.54) is 11.3 Å². The van der Waals surface area contributed by atoms with Crippen molar-refractivity contribution in [3.63, 3.8) is 0 Å². The summed E-state index contributed by atoms with van der Waals surface area (Å²) in [4.78, 5) is 14.3. The molecule has 37 heavy (non-hydrogen) atoms. The Morgan fingerprint density at radius 1 is 0.946 bits per heavy atom. The van der Waals surface area contributed by atoms with Gasteiger partial charge in [0.1, 0.15) is 7.14 Å². The topological polar surface area (TPSA) is 61.4 Å². The molecule has 0 radical (unpaired) electrons. The number of hydrogen-bond acceptors (Lipinski definition) is 6. The van der Waals surface area contributed by atoms with E-state index in [1.807, 2.05) is 44.3 Å². The van der Waals surface area contributed by atoms with Gasteiger partial charge in [-0.3, -0.25) is 0 Å². The molecule has 0 saturated carbocycles. The lowest BCUT2D eigenvalue weighted by Gasteiger charge is -2.35. The van der Waals surface area contributed by atoms with Crippen LogP contribution in [-0.2, 0) is 4.57 Å². The Morgan fingerprint density at radius 3 is 2.35 bits per heavy atom. The van der Waals surface area contributed by atoms with E-state index >= 15 is 0 Å². The van der Waals surface area contributed by atoms with Crippen LogP contribution in [-0.4, -0.2) is 60.4 Å². The quantitative estimate of drug-likeness (QED) is 0.300. The van der Waals surface area contributed by atoms with Crippen LogP contribution in [0.1, 0.15) is 19.4 Å². The Labute approximate surface area is 220 Å².